The quantitative estimate of drug-likeness (QED) is 0.864. The van der Waals surface area contributed by atoms with E-state index in [9.17, 15) is 12.8 Å². The number of benzene rings is 2. The van der Waals surface area contributed by atoms with Crippen molar-refractivity contribution in [3.63, 3.8) is 0 Å². The average Bonchev–Trinajstić information content (AvgIpc) is 2.44. The van der Waals surface area contributed by atoms with Crippen LogP contribution in [0, 0.1) is 5.82 Å². The van der Waals surface area contributed by atoms with Gasteiger partial charge in [-0.3, -0.25) is 0 Å². The number of nitrogen functional groups attached to an aromatic ring is 1. The number of anilines is 1. The highest BCUT2D eigenvalue weighted by atomic mass is 32.2. The summed E-state index contributed by atoms with van der Waals surface area (Å²) >= 11 is 0. The van der Waals surface area contributed by atoms with Crippen molar-refractivity contribution in [2.24, 2.45) is 0 Å². The minimum absolute atomic E-state index is 0.0479. The van der Waals surface area contributed by atoms with Crippen LogP contribution in [0.4, 0.5) is 10.1 Å². The molecule has 0 saturated heterocycles. The van der Waals surface area contributed by atoms with Crippen LogP contribution in [0.5, 0.6) is 0 Å². The minimum atomic E-state index is -3.73. The summed E-state index contributed by atoms with van der Waals surface area (Å²) in [7, 11) is -3.73. The molecule has 0 fully saturated rings. The second-order valence-corrected chi connectivity index (χ2v) is 6.57. The lowest BCUT2D eigenvalue weighted by Gasteiger charge is -2.20. The van der Waals surface area contributed by atoms with Gasteiger partial charge in [-0.15, -0.1) is 0 Å². The van der Waals surface area contributed by atoms with Crippen LogP contribution in [0.15, 0.2) is 53.4 Å². The Hall–Kier alpha value is -1.92. The van der Waals surface area contributed by atoms with E-state index >= 15 is 0 Å². The first-order chi connectivity index (χ1) is 9.93. The van der Waals surface area contributed by atoms with Gasteiger partial charge < -0.3 is 5.73 Å². The van der Waals surface area contributed by atoms with Crippen molar-refractivity contribution < 1.29 is 12.8 Å². The molecule has 0 aliphatic heterocycles. The first kappa shape index (κ1) is 15.5. The molecule has 6 heteroatoms. The van der Waals surface area contributed by atoms with E-state index in [2.05, 4.69) is 0 Å². The maximum Gasteiger partial charge on any atom is 0.243 e. The van der Waals surface area contributed by atoms with E-state index in [0.717, 1.165) is 11.6 Å². The summed E-state index contributed by atoms with van der Waals surface area (Å²) in [6.45, 7) is 2.22. The van der Waals surface area contributed by atoms with Crippen LogP contribution in [-0.4, -0.2) is 19.3 Å². The van der Waals surface area contributed by atoms with Crippen LogP contribution >= 0.6 is 0 Å². The van der Waals surface area contributed by atoms with Crippen molar-refractivity contribution in [1.29, 1.82) is 0 Å². The van der Waals surface area contributed by atoms with Gasteiger partial charge in [-0.2, -0.15) is 4.31 Å². The second-order valence-electron chi connectivity index (χ2n) is 4.63. The number of sulfonamides is 1. The van der Waals surface area contributed by atoms with E-state index in [0.29, 0.717) is 5.69 Å². The van der Waals surface area contributed by atoms with Gasteiger partial charge in [0.15, 0.2) is 0 Å². The molecule has 112 valence electrons. The number of hydrogen-bond donors (Lipinski definition) is 1. The standard InChI is InChI=1S/C15H17FN2O2S/c1-2-18(11-12-5-3-7-14(17)9-12)21(19,20)15-8-4-6-13(16)10-15/h3-10H,2,11,17H2,1H3. The molecule has 2 aromatic carbocycles. The Kier molecular flexibility index (Phi) is 4.59. The molecule has 0 heterocycles. The third-order valence-corrected chi connectivity index (χ3v) is 5.01. The fourth-order valence-corrected chi connectivity index (χ4v) is 3.51. The van der Waals surface area contributed by atoms with Crippen molar-refractivity contribution in [1.82, 2.24) is 4.31 Å². The predicted molar refractivity (Wildman–Crippen MR) is 80.5 cm³/mol. The van der Waals surface area contributed by atoms with Gasteiger partial charge >= 0.3 is 0 Å². The summed E-state index contributed by atoms with van der Waals surface area (Å²) < 4.78 is 39.6. The number of halogens is 1. The van der Waals surface area contributed by atoms with E-state index < -0.39 is 15.8 Å². The largest absolute Gasteiger partial charge is 0.399 e. The zero-order valence-electron chi connectivity index (χ0n) is 11.7. The third kappa shape index (κ3) is 3.59. The molecule has 0 amide bonds. The van der Waals surface area contributed by atoms with E-state index in [4.69, 9.17) is 5.73 Å². The molecule has 0 unspecified atom stereocenters. The summed E-state index contributed by atoms with van der Waals surface area (Å²) in [6, 6.07) is 12.1. The highest BCUT2D eigenvalue weighted by Gasteiger charge is 2.23. The number of rotatable bonds is 5. The Morgan fingerprint density at radius 2 is 1.86 bits per heavy atom. The zero-order chi connectivity index (χ0) is 15.5. The summed E-state index contributed by atoms with van der Waals surface area (Å²) in [4.78, 5) is -0.0479. The molecule has 0 atom stereocenters. The monoisotopic (exact) mass is 308 g/mol. The maximum absolute atomic E-state index is 13.2. The Bertz CT molecular complexity index is 732. The molecule has 0 aliphatic rings. The van der Waals surface area contributed by atoms with Gasteiger partial charge in [0.2, 0.25) is 10.0 Å². The normalized spacial score (nSPS) is 11.8. The Balaban J connectivity index is 2.32. The van der Waals surface area contributed by atoms with E-state index in [1.165, 1.54) is 22.5 Å². The van der Waals surface area contributed by atoms with Crippen LogP contribution in [-0.2, 0) is 16.6 Å². The van der Waals surface area contributed by atoms with Gasteiger partial charge in [0.25, 0.3) is 0 Å². The fourth-order valence-electron chi connectivity index (χ4n) is 2.04. The first-order valence-electron chi connectivity index (χ1n) is 6.53. The van der Waals surface area contributed by atoms with Crippen molar-refractivity contribution >= 4 is 15.7 Å². The van der Waals surface area contributed by atoms with Crippen LogP contribution < -0.4 is 5.73 Å². The lowest BCUT2D eigenvalue weighted by atomic mass is 10.2. The molecular formula is C15H17FN2O2S. The van der Waals surface area contributed by atoms with Crippen LogP contribution in [0.25, 0.3) is 0 Å². The SMILES string of the molecule is CCN(Cc1cccc(N)c1)S(=O)(=O)c1cccc(F)c1. The molecule has 4 nitrogen and oxygen atoms in total. The van der Waals surface area contributed by atoms with Crippen LogP contribution in [0.3, 0.4) is 0 Å². The Morgan fingerprint density at radius 1 is 1.14 bits per heavy atom. The Morgan fingerprint density at radius 3 is 2.48 bits per heavy atom. The fraction of sp³-hybridized carbons (Fsp3) is 0.200. The number of nitrogens with two attached hydrogens (primary N) is 1. The average molecular weight is 308 g/mol. The number of hydrogen-bond acceptors (Lipinski definition) is 3. The second kappa shape index (κ2) is 6.24. The van der Waals surface area contributed by atoms with Crippen molar-refractivity contribution in [3.8, 4) is 0 Å². The number of nitrogens with zero attached hydrogens (tertiary/aromatic N) is 1. The topological polar surface area (TPSA) is 63.4 Å². The Labute approximate surface area is 124 Å². The van der Waals surface area contributed by atoms with Gasteiger partial charge in [0.05, 0.1) is 4.90 Å². The van der Waals surface area contributed by atoms with Gasteiger partial charge in [-0.05, 0) is 35.9 Å². The lowest BCUT2D eigenvalue weighted by molar-refractivity contribution is 0.423. The van der Waals surface area contributed by atoms with Crippen molar-refractivity contribution in [3.05, 3.63) is 59.9 Å². The molecule has 2 aromatic rings. The molecule has 2 rings (SSSR count). The van der Waals surface area contributed by atoms with Gasteiger partial charge in [0.1, 0.15) is 5.82 Å². The van der Waals surface area contributed by atoms with E-state index in [-0.39, 0.29) is 18.0 Å². The highest BCUT2D eigenvalue weighted by molar-refractivity contribution is 7.89. The zero-order valence-corrected chi connectivity index (χ0v) is 12.5. The molecule has 0 bridgehead atoms. The molecule has 0 spiro atoms. The van der Waals surface area contributed by atoms with E-state index in [1.807, 2.05) is 0 Å². The maximum atomic E-state index is 13.2. The predicted octanol–water partition coefficient (Wildman–Crippen LogP) is 2.62. The molecular weight excluding hydrogens is 291 g/mol. The van der Waals surface area contributed by atoms with Crippen molar-refractivity contribution in [2.45, 2.75) is 18.4 Å². The first-order valence-corrected chi connectivity index (χ1v) is 7.97. The summed E-state index contributed by atoms with van der Waals surface area (Å²) in [6.07, 6.45) is 0. The molecule has 2 N–H and O–H groups in total. The summed E-state index contributed by atoms with van der Waals surface area (Å²) in [5.74, 6) is -0.573. The summed E-state index contributed by atoms with van der Waals surface area (Å²) in [5, 5.41) is 0. The molecule has 0 radical (unpaired) electrons. The van der Waals surface area contributed by atoms with Gasteiger partial charge in [-0.1, -0.05) is 25.1 Å². The van der Waals surface area contributed by atoms with E-state index in [1.54, 1.807) is 31.2 Å². The third-order valence-electron chi connectivity index (χ3n) is 3.10. The molecule has 0 saturated carbocycles. The minimum Gasteiger partial charge on any atom is -0.399 e. The van der Waals surface area contributed by atoms with Crippen molar-refractivity contribution in [2.75, 3.05) is 12.3 Å². The lowest BCUT2D eigenvalue weighted by Crippen LogP contribution is -2.30. The van der Waals surface area contributed by atoms with Crippen LogP contribution in [0.1, 0.15) is 12.5 Å². The highest BCUT2D eigenvalue weighted by Crippen LogP contribution is 2.19. The van der Waals surface area contributed by atoms with Gasteiger partial charge in [0, 0.05) is 18.8 Å². The summed E-state index contributed by atoms with van der Waals surface area (Å²) in [5.41, 5.74) is 7.06. The molecule has 0 aliphatic carbocycles. The van der Waals surface area contributed by atoms with Crippen LogP contribution in [0.2, 0.25) is 0 Å². The van der Waals surface area contributed by atoms with Gasteiger partial charge in [-0.25, -0.2) is 12.8 Å². The smallest absolute Gasteiger partial charge is 0.243 e. The molecule has 0 aromatic heterocycles. The molecule has 21 heavy (non-hydrogen) atoms.